The Labute approximate surface area is 137 Å². The zero-order valence-electron chi connectivity index (χ0n) is 11.1. The summed E-state index contributed by atoms with van der Waals surface area (Å²) >= 11 is 6.34. The first-order chi connectivity index (χ1) is 9.76. The number of halogens is 2. The van der Waals surface area contributed by atoms with Crippen LogP contribution >= 0.6 is 31.9 Å². The van der Waals surface area contributed by atoms with Gasteiger partial charge in [0.25, 0.3) is 0 Å². The van der Waals surface area contributed by atoms with Crippen molar-refractivity contribution in [3.63, 3.8) is 0 Å². The second-order valence-corrected chi connectivity index (χ2v) is 5.73. The molecule has 0 saturated heterocycles. The lowest BCUT2D eigenvalue weighted by Gasteiger charge is -2.15. The summed E-state index contributed by atoms with van der Waals surface area (Å²) in [6, 6.07) is 1.36. The number of amides is 2. The van der Waals surface area contributed by atoms with Crippen LogP contribution in [0.3, 0.4) is 0 Å². The third kappa shape index (κ3) is 4.71. The fraction of sp³-hybridized carbons (Fsp3) is 0.250. The molecule has 1 aromatic carbocycles. The van der Waals surface area contributed by atoms with Gasteiger partial charge >= 0.3 is 18.0 Å². The van der Waals surface area contributed by atoms with E-state index in [2.05, 4.69) is 47.2 Å². The molecule has 0 aliphatic heterocycles. The summed E-state index contributed by atoms with van der Waals surface area (Å²) in [4.78, 5) is 34.2. The Bertz CT molecular complexity index is 591. The molecule has 1 rings (SSSR count). The van der Waals surface area contributed by atoms with Gasteiger partial charge in [-0.3, -0.25) is 0 Å². The van der Waals surface area contributed by atoms with Gasteiger partial charge in [0.15, 0.2) is 0 Å². The van der Waals surface area contributed by atoms with Crippen LogP contribution in [0.5, 0.6) is 0 Å². The molecule has 0 aliphatic rings. The number of benzene rings is 1. The van der Waals surface area contributed by atoms with E-state index >= 15 is 0 Å². The average Bonchev–Trinajstić information content (AvgIpc) is 2.40. The molecule has 0 fully saturated rings. The molecule has 2 amide bonds. The molecule has 0 aromatic heterocycles. The molecule has 0 saturated carbocycles. The van der Waals surface area contributed by atoms with E-state index in [0.29, 0.717) is 8.95 Å². The number of nitrogens with one attached hydrogen (secondary N) is 2. The molecule has 114 valence electrons. The fourth-order valence-electron chi connectivity index (χ4n) is 1.45. The topological polar surface area (TPSA) is 105 Å². The predicted molar refractivity (Wildman–Crippen MR) is 82.4 cm³/mol. The molecule has 0 heterocycles. The number of carbonyl (C=O) groups is 3. The molecule has 0 aliphatic carbocycles. The van der Waals surface area contributed by atoms with Gasteiger partial charge in [0.1, 0.15) is 6.04 Å². The van der Waals surface area contributed by atoms with Crippen molar-refractivity contribution in [1.82, 2.24) is 5.32 Å². The monoisotopic (exact) mass is 422 g/mol. The van der Waals surface area contributed by atoms with Crippen molar-refractivity contribution < 1.29 is 24.2 Å². The molecule has 7 nitrogen and oxygen atoms in total. The number of ether oxygens (including phenoxy) is 1. The predicted octanol–water partition coefficient (Wildman–Crippen LogP) is 2.59. The quantitative estimate of drug-likeness (QED) is 0.645. The van der Waals surface area contributed by atoms with Crippen LogP contribution in [-0.4, -0.2) is 36.2 Å². The molecule has 1 unspecified atom stereocenters. The van der Waals surface area contributed by atoms with E-state index in [4.69, 9.17) is 5.11 Å². The van der Waals surface area contributed by atoms with Gasteiger partial charge < -0.3 is 20.5 Å². The molecule has 0 bridgehead atoms. The zero-order chi connectivity index (χ0) is 16.2. The van der Waals surface area contributed by atoms with Crippen molar-refractivity contribution >= 4 is 55.5 Å². The number of methoxy groups -OCH3 is 1. The third-order valence-corrected chi connectivity index (χ3v) is 3.51. The molecular weight excluding hydrogens is 412 g/mol. The van der Waals surface area contributed by atoms with Crippen molar-refractivity contribution in [2.24, 2.45) is 0 Å². The van der Waals surface area contributed by atoms with Crippen molar-refractivity contribution in [2.45, 2.75) is 13.0 Å². The average molecular weight is 424 g/mol. The second-order valence-electron chi connectivity index (χ2n) is 3.96. The molecule has 0 spiro atoms. The summed E-state index contributed by atoms with van der Waals surface area (Å²) in [5, 5.41) is 13.9. The highest BCUT2D eigenvalue weighted by atomic mass is 79.9. The first-order valence-corrected chi connectivity index (χ1v) is 7.22. The van der Waals surface area contributed by atoms with Gasteiger partial charge in [-0.2, -0.15) is 0 Å². The zero-order valence-corrected chi connectivity index (χ0v) is 14.2. The highest BCUT2D eigenvalue weighted by molar-refractivity contribution is 9.11. The van der Waals surface area contributed by atoms with Crippen LogP contribution in [0, 0.1) is 0 Å². The summed E-state index contributed by atoms with van der Waals surface area (Å²) in [7, 11) is 1.20. The van der Waals surface area contributed by atoms with Crippen LogP contribution in [0.15, 0.2) is 21.1 Å². The van der Waals surface area contributed by atoms with Crippen molar-refractivity contribution in [2.75, 3.05) is 12.4 Å². The van der Waals surface area contributed by atoms with Crippen LogP contribution in [0.1, 0.15) is 17.3 Å². The summed E-state index contributed by atoms with van der Waals surface area (Å²) in [5.41, 5.74) is -0.0163. The maximum Gasteiger partial charge on any atom is 0.337 e. The molecule has 9 heteroatoms. The van der Waals surface area contributed by atoms with Gasteiger partial charge in [0, 0.05) is 8.95 Å². The normalized spacial score (nSPS) is 11.4. The number of urea groups is 1. The number of rotatable bonds is 4. The van der Waals surface area contributed by atoms with Crippen molar-refractivity contribution in [1.29, 1.82) is 0 Å². The lowest BCUT2D eigenvalue weighted by molar-refractivity contribution is -0.142. The number of carboxylic acid groups (broad SMARTS) is 1. The van der Waals surface area contributed by atoms with Gasteiger partial charge in [-0.05, 0) is 35.0 Å². The molecular formula is C12H12Br2N2O5. The van der Waals surface area contributed by atoms with Crippen LogP contribution in [0.2, 0.25) is 0 Å². The molecule has 3 N–H and O–H groups in total. The molecule has 1 atom stereocenters. The number of carbonyl (C=O) groups excluding carboxylic acids is 2. The minimum Gasteiger partial charge on any atom is -0.478 e. The van der Waals surface area contributed by atoms with E-state index in [1.165, 1.54) is 20.1 Å². The van der Waals surface area contributed by atoms with Crippen LogP contribution in [0.4, 0.5) is 10.5 Å². The van der Waals surface area contributed by atoms with E-state index in [1.54, 1.807) is 6.07 Å². The Morgan fingerprint density at radius 1 is 1.29 bits per heavy atom. The van der Waals surface area contributed by atoms with Crippen molar-refractivity contribution in [3.8, 4) is 0 Å². The highest BCUT2D eigenvalue weighted by Crippen LogP contribution is 2.30. The number of carboxylic acids is 1. The lowest BCUT2D eigenvalue weighted by atomic mass is 10.2. The summed E-state index contributed by atoms with van der Waals surface area (Å²) < 4.78 is 5.40. The number of hydrogen-bond donors (Lipinski definition) is 3. The van der Waals surface area contributed by atoms with Gasteiger partial charge in [-0.1, -0.05) is 15.9 Å². The Morgan fingerprint density at radius 2 is 1.90 bits per heavy atom. The summed E-state index contributed by atoms with van der Waals surface area (Å²) in [6.07, 6.45) is 0. The summed E-state index contributed by atoms with van der Waals surface area (Å²) in [5.74, 6) is -1.81. The number of esters is 1. The minimum absolute atomic E-state index is 0.0836. The first kappa shape index (κ1) is 17.4. The smallest absolute Gasteiger partial charge is 0.337 e. The Balaban J connectivity index is 2.95. The van der Waals surface area contributed by atoms with E-state index in [-0.39, 0.29) is 11.3 Å². The highest BCUT2D eigenvalue weighted by Gasteiger charge is 2.20. The van der Waals surface area contributed by atoms with Gasteiger partial charge in [-0.25, -0.2) is 14.4 Å². The van der Waals surface area contributed by atoms with E-state index < -0.39 is 24.0 Å². The second kappa shape index (κ2) is 7.41. The molecule has 21 heavy (non-hydrogen) atoms. The summed E-state index contributed by atoms with van der Waals surface area (Å²) in [6.45, 7) is 1.44. The van der Waals surface area contributed by atoms with E-state index in [1.807, 2.05) is 0 Å². The Kier molecular flexibility index (Phi) is 6.16. The van der Waals surface area contributed by atoms with Crippen LogP contribution in [-0.2, 0) is 9.53 Å². The van der Waals surface area contributed by atoms with E-state index in [9.17, 15) is 14.4 Å². The van der Waals surface area contributed by atoms with E-state index in [0.717, 1.165) is 0 Å². The maximum atomic E-state index is 11.8. The van der Waals surface area contributed by atoms with Crippen LogP contribution in [0.25, 0.3) is 0 Å². The van der Waals surface area contributed by atoms with Crippen molar-refractivity contribution in [3.05, 3.63) is 26.6 Å². The minimum atomic E-state index is -1.20. The fourth-order valence-corrected chi connectivity index (χ4v) is 2.78. The third-order valence-electron chi connectivity index (χ3n) is 2.43. The molecule has 0 radical (unpaired) electrons. The number of aromatic carboxylic acids is 1. The largest absolute Gasteiger partial charge is 0.478 e. The standard InChI is InChI=1S/C12H12Br2N2O5/c1-5(11(19)21-2)15-12(20)16-9-7(10(17)18)3-6(13)4-8(9)14/h3-5H,1-2H3,(H,17,18)(H2,15,16,20). The number of hydrogen-bond acceptors (Lipinski definition) is 4. The van der Waals surface area contributed by atoms with Crippen LogP contribution < -0.4 is 10.6 Å². The molecule has 1 aromatic rings. The van der Waals surface area contributed by atoms with Gasteiger partial charge in [0.2, 0.25) is 0 Å². The maximum absolute atomic E-state index is 11.8. The van der Waals surface area contributed by atoms with Gasteiger partial charge in [-0.15, -0.1) is 0 Å². The number of anilines is 1. The van der Waals surface area contributed by atoms with Gasteiger partial charge in [0.05, 0.1) is 18.4 Å². The Hall–Kier alpha value is -1.61. The lowest BCUT2D eigenvalue weighted by Crippen LogP contribution is -2.41. The first-order valence-electron chi connectivity index (χ1n) is 5.64. The Morgan fingerprint density at radius 3 is 2.43 bits per heavy atom. The SMILES string of the molecule is COC(=O)C(C)NC(=O)Nc1c(Br)cc(Br)cc1C(=O)O.